The van der Waals surface area contributed by atoms with E-state index in [9.17, 15) is 10.1 Å². The second-order valence-electron chi connectivity index (χ2n) is 8.76. The van der Waals surface area contributed by atoms with Gasteiger partial charge in [0.25, 0.3) is 0 Å². The van der Waals surface area contributed by atoms with E-state index in [1.54, 1.807) is 23.9 Å². The fraction of sp³-hybridized carbons (Fsp3) is 0.345. The number of anilines is 1. The van der Waals surface area contributed by atoms with Gasteiger partial charge in [-0.25, -0.2) is 19.4 Å². The first-order valence-electron chi connectivity index (χ1n) is 12.9. The fourth-order valence-electron chi connectivity index (χ4n) is 4.58. The highest BCUT2D eigenvalue weighted by Gasteiger charge is 2.24. The van der Waals surface area contributed by atoms with Crippen molar-refractivity contribution < 1.29 is 14.3 Å². The molecular weight excluding hydrogens is 516 g/mol. The van der Waals surface area contributed by atoms with Gasteiger partial charge < -0.3 is 14.4 Å². The monoisotopic (exact) mass is 546 g/mol. The molecule has 0 spiro atoms. The summed E-state index contributed by atoms with van der Waals surface area (Å²) in [6, 6.07) is 17.6. The first-order chi connectivity index (χ1) is 19.1. The number of piperidine rings is 1. The molecule has 1 saturated heterocycles. The second kappa shape index (κ2) is 13.1. The van der Waals surface area contributed by atoms with Crippen LogP contribution in [0.1, 0.15) is 37.2 Å². The number of carbonyl (C=O) groups is 1. The lowest BCUT2D eigenvalue weighted by Crippen LogP contribution is -2.33. The van der Waals surface area contributed by atoms with E-state index in [0.29, 0.717) is 23.5 Å². The summed E-state index contributed by atoms with van der Waals surface area (Å²) >= 11 is 4.64. The Morgan fingerprint density at radius 1 is 1.10 bits per heavy atom. The Kier molecular flexibility index (Phi) is 9.34. The van der Waals surface area contributed by atoms with E-state index in [2.05, 4.69) is 27.6 Å². The molecule has 202 valence electrons. The number of alkyl halides is 1. The summed E-state index contributed by atoms with van der Waals surface area (Å²) in [4.78, 5) is 24.4. The van der Waals surface area contributed by atoms with Gasteiger partial charge in [-0.2, -0.15) is 5.26 Å². The van der Waals surface area contributed by atoms with Crippen molar-refractivity contribution in [3.05, 3.63) is 60.4 Å². The maximum Gasteiger partial charge on any atom is 0.357 e. The molecule has 4 aromatic rings. The number of hydrogen-bond donors (Lipinski definition) is 0. The van der Waals surface area contributed by atoms with Crippen LogP contribution in [0.3, 0.4) is 0 Å². The Hall–Kier alpha value is -4.16. The fourth-order valence-corrected chi connectivity index (χ4v) is 4.58. The Morgan fingerprint density at radius 2 is 1.85 bits per heavy atom. The summed E-state index contributed by atoms with van der Waals surface area (Å²) in [6.45, 7) is 5.94. The largest absolute Gasteiger partial charge is 0.476 e. The van der Waals surface area contributed by atoms with Crippen LogP contribution in [0.2, 0.25) is 0 Å². The third-order valence-electron chi connectivity index (χ3n) is 6.43. The Bertz CT molecular complexity index is 1440. The molecule has 0 saturated carbocycles. The quantitative estimate of drug-likeness (QED) is 0.216. The minimum atomic E-state index is -0.505. The maximum atomic E-state index is 12.8. The van der Waals surface area contributed by atoms with Gasteiger partial charge in [0.05, 0.1) is 30.4 Å². The van der Waals surface area contributed by atoms with Gasteiger partial charge in [-0.05, 0) is 57.0 Å². The minimum absolute atomic E-state index is 0.111. The molecule has 0 unspecified atom stereocenters. The molecule has 1 aromatic carbocycles. The van der Waals surface area contributed by atoms with Gasteiger partial charge >= 0.3 is 5.97 Å². The van der Waals surface area contributed by atoms with Crippen LogP contribution in [-0.2, 0) is 4.74 Å². The molecule has 0 atom stereocenters. The smallest absolute Gasteiger partial charge is 0.357 e. The average Bonchev–Trinajstić information content (AvgIpc) is 3.37. The number of esters is 1. The number of hydrogen-bond acceptors (Lipinski definition) is 8. The Labute approximate surface area is 232 Å². The van der Waals surface area contributed by atoms with E-state index in [-0.39, 0.29) is 18.2 Å². The molecule has 10 heteroatoms. The van der Waals surface area contributed by atoms with Crippen LogP contribution in [0.5, 0.6) is 5.88 Å². The van der Waals surface area contributed by atoms with E-state index >= 15 is 0 Å². The summed E-state index contributed by atoms with van der Waals surface area (Å²) in [5.74, 6) is 0.900. The molecule has 0 aliphatic carbocycles. The topological polar surface area (TPSA) is 106 Å². The van der Waals surface area contributed by atoms with Crippen LogP contribution in [0, 0.1) is 17.2 Å². The van der Waals surface area contributed by atoms with Crippen molar-refractivity contribution in [1.82, 2.24) is 19.7 Å². The summed E-state index contributed by atoms with van der Waals surface area (Å²) in [7, 11) is 0. The van der Waals surface area contributed by atoms with E-state index in [0.717, 1.165) is 48.6 Å². The zero-order valence-corrected chi connectivity index (χ0v) is 23.1. The number of aromatic nitrogens is 4. The normalized spacial score (nSPS) is 13.4. The second-order valence-corrected chi connectivity index (χ2v) is 8.76. The van der Waals surface area contributed by atoms with Crippen LogP contribution in [0.25, 0.3) is 27.8 Å². The van der Waals surface area contributed by atoms with Gasteiger partial charge in [0.15, 0.2) is 11.3 Å². The van der Waals surface area contributed by atoms with Crippen LogP contribution in [0.4, 0.5) is 5.82 Å². The highest BCUT2D eigenvalue weighted by molar-refractivity contribution is 6.15. The number of fused-ring (bicyclic) bond motifs is 1. The standard InChI is InChI=1S/C28H28N6O3.CH3Cl/c1-3-36-27-25-22(20-10-11-24(30-18-20)33-14-12-19(17-29)13-15-33)16-23(28(35)37-4-2)31-26(25)34(32-27)21-8-6-5-7-9-21;1-2/h5-11,16,18-19H,3-4,12-15H2,1-2H3;1H3. The highest BCUT2D eigenvalue weighted by atomic mass is 35.5. The molecule has 0 bridgehead atoms. The molecule has 4 heterocycles. The predicted molar refractivity (Wildman–Crippen MR) is 152 cm³/mol. The molecule has 0 N–H and O–H groups in total. The zero-order valence-electron chi connectivity index (χ0n) is 22.3. The van der Waals surface area contributed by atoms with Crippen molar-refractivity contribution in [2.45, 2.75) is 26.7 Å². The number of rotatable bonds is 7. The van der Waals surface area contributed by atoms with Crippen LogP contribution in [0.15, 0.2) is 54.7 Å². The number of pyridine rings is 2. The number of carbonyl (C=O) groups excluding carboxylic acids is 1. The molecule has 3 aromatic heterocycles. The molecule has 1 aliphatic heterocycles. The van der Waals surface area contributed by atoms with Gasteiger partial charge in [-0.3, -0.25) is 0 Å². The van der Waals surface area contributed by atoms with Gasteiger partial charge in [-0.1, -0.05) is 18.2 Å². The van der Waals surface area contributed by atoms with Crippen molar-refractivity contribution in [1.29, 1.82) is 5.26 Å². The van der Waals surface area contributed by atoms with Gasteiger partial charge in [0.2, 0.25) is 5.88 Å². The first-order valence-corrected chi connectivity index (χ1v) is 13.7. The highest BCUT2D eigenvalue weighted by Crippen LogP contribution is 2.37. The summed E-state index contributed by atoms with van der Waals surface area (Å²) in [5.41, 5.74) is 3.03. The van der Waals surface area contributed by atoms with Crippen molar-refractivity contribution in [3.8, 4) is 28.8 Å². The SMILES string of the molecule is CCOC(=O)c1cc(-c2ccc(N3CCC(C#N)CC3)nc2)c2c(OCC)nn(-c3ccccc3)c2n1.CCl. The van der Waals surface area contributed by atoms with Crippen LogP contribution < -0.4 is 9.64 Å². The van der Waals surface area contributed by atoms with E-state index < -0.39 is 5.97 Å². The van der Waals surface area contributed by atoms with E-state index in [1.165, 1.54) is 6.38 Å². The molecule has 5 rings (SSSR count). The Balaban J connectivity index is 0.00000172. The number of ether oxygens (including phenoxy) is 2. The lowest BCUT2D eigenvalue weighted by atomic mass is 9.98. The van der Waals surface area contributed by atoms with E-state index in [4.69, 9.17) is 19.6 Å². The van der Waals surface area contributed by atoms with Crippen molar-refractivity contribution in [3.63, 3.8) is 0 Å². The molecule has 0 radical (unpaired) electrons. The van der Waals surface area contributed by atoms with Gasteiger partial charge in [0, 0.05) is 42.7 Å². The third-order valence-corrected chi connectivity index (χ3v) is 6.43. The number of benzene rings is 1. The Morgan fingerprint density at radius 3 is 2.46 bits per heavy atom. The van der Waals surface area contributed by atoms with Crippen molar-refractivity contribution >= 4 is 34.4 Å². The van der Waals surface area contributed by atoms with Crippen LogP contribution in [-0.4, -0.2) is 58.4 Å². The average molecular weight is 547 g/mol. The minimum Gasteiger partial charge on any atom is -0.476 e. The predicted octanol–water partition coefficient (Wildman–Crippen LogP) is 5.65. The number of nitrogens with zero attached hydrogens (tertiary/aromatic N) is 6. The summed E-state index contributed by atoms with van der Waals surface area (Å²) in [6.07, 6.45) is 4.94. The summed E-state index contributed by atoms with van der Waals surface area (Å²) in [5, 5.41) is 14.6. The molecule has 1 aliphatic rings. The number of para-hydroxylation sites is 1. The molecule has 39 heavy (non-hydrogen) atoms. The molecule has 0 amide bonds. The number of nitriles is 1. The van der Waals surface area contributed by atoms with Crippen LogP contribution >= 0.6 is 11.6 Å². The van der Waals surface area contributed by atoms with Gasteiger partial charge in [0.1, 0.15) is 5.82 Å². The molecular formula is C29H31ClN6O3. The third kappa shape index (κ3) is 5.96. The van der Waals surface area contributed by atoms with E-state index in [1.807, 2.05) is 49.4 Å². The lowest BCUT2D eigenvalue weighted by Gasteiger charge is -2.30. The summed E-state index contributed by atoms with van der Waals surface area (Å²) < 4.78 is 12.9. The van der Waals surface area contributed by atoms with Gasteiger partial charge in [-0.15, -0.1) is 16.7 Å². The van der Waals surface area contributed by atoms with Crippen molar-refractivity contribution in [2.75, 3.05) is 37.6 Å². The first kappa shape index (κ1) is 27.9. The molecule has 1 fully saturated rings. The molecule has 9 nitrogen and oxygen atoms in total. The zero-order chi connectivity index (χ0) is 27.8. The number of halogens is 1. The lowest BCUT2D eigenvalue weighted by molar-refractivity contribution is 0.0520. The maximum absolute atomic E-state index is 12.8. The van der Waals surface area contributed by atoms with Crippen molar-refractivity contribution in [2.24, 2.45) is 5.92 Å².